The van der Waals surface area contributed by atoms with Gasteiger partial charge in [-0.05, 0) is 71.8 Å². The predicted octanol–water partition coefficient (Wildman–Crippen LogP) is 10.6. The Hall–Kier alpha value is -5.28. The molecule has 0 amide bonds. The lowest BCUT2D eigenvalue weighted by Crippen LogP contribution is -2.09. The van der Waals surface area contributed by atoms with E-state index in [-0.39, 0.29) is 0 Å². The number of anilines is 3. The van der Waals surface area contributed by atoms with Crippen LogP contribution in [0, 0.1) is 0 Å². The van der Waals surface area contributed by atoms with Gasteiger partial charge in [0.05, 0.1) is 0 Å². The van der Waals surface area contributed by atoms with Crippen molar-refractivity contribution in [2.24, 2.45) is 0 Å². The van der Waals surface area contributed by atoms with Crippen molar-refractivity contribution in [2.75, 3.05) is 4.90 Å². The van der Waals surface area contributed by atoms with Gasteiger partial charge >= 0.3 is 0 Å². The van der Waals surface area contributed by atoms with Gasteiger partial charge in [0.15, 0.2) is 0 Å². The Bertz CT molecular complexity index is 2070. The first-order valence-corrected chi connectivity index (χ1v) is 13.1. The number of rotatable bonds is 4. The zero-order chi connectivity index (χ0) is 25.8. The molecule has 39 heavy (non-hydrogen) atoms. The number of furan rings is 2. The molecule has 0 unspecified atom stereocenters. The van der Waals surface area contributed by atoms with E-state index in [4.69, 9.17) is 8.83 Å². The Morgan fingerprint density at radius 1 is 0.333 bits per heavy atom. The van der Waals surface area contributed by atoms with E-state index in [9.17, 15) is 0 Å². The average molecular weight is 502 g/mol. The third kappa shape index (κ3) is 3.59. The lowest BCUT2D eigenvalue weighted by molar-refractivity contribution is 0.664. The smallest absolute Gasteiger partial charge is 0.137 e. The van der Waals surface area contributed by atoms with Gasteiger partial charge in [-0.25, -0.2) is 0 Å². The first kappa shape index (κ1) is 21.8. The van der Waals surface area contributed by atoms with Gasteiger partial charge in [-0.15, -0.1) is 0 Å². The van der Waals surface area contributed by atoms with Crippen molar-refractivity contribution in [1.29, 1.82) is 0 Å². The molecule has 0 spiro atoms. The fourth-order valence-corrected chi connectivity index (χ4v) is 5.58. The van der Waals surface area contributed by atoms with Gasteiger partial charge in [0.2, 0.25) is 0 Å². The van der Waals surface area contributed by atoms with Gasteiger partial charge in [0, 0.05) is 44.7 Å². The zero-order valence-electron chi connectivity index (χ0n) is 21.0. The van der Waals surface area contributed by atoms with Gasteiger partial charge in [0.1, 0.15) is 22.3 Å². The van der Waals surface area contributed by atoms with Crippen LogP contribution in [0.15, 0.2) is 148 Å². The summed E-state index contributed by atoms with van der Waals surface area (Å²) in [6, 6.07) is 48.3. The summed E-state index contributed by atoms with van der Waals surface area (Å²) in [5.74, 6) is 0. The Morgan fingerprint density at radius 3 is 1.41 bits per heavy atom. The summed E-state index contributed by atoms with van der Waals surface area (Å²) in [6.45, 7) is 0. The van der Waals surface area contributed by atoms with Crippen LogP contribution >= 0.6 is 0 Å². The minimum atomic E-state index is 0.850. The minimum Gasteiger partial charge on any atom is -0.456 e. The molecular formula is C36H23NO2. The molecule has 3 nitrogen and oxygen atoms in total. The van der Waals surface area contributed by atoms with Crippen molar-refractivity contribution in [3.05, 3.63) is 140 Å². The van der Waals surface area contributed by atoms with Crippen molar-refractivity contribution in [1.82, 2.24) is 0 Å². The Morgan fingerprint density at radius 2 is 0.821 bits per heavy atom. The maximum Gasteiger partial charge on any atom is 0.137 e. The molecule has 2 heterocycles. The average Bonchev–Trinajstić information content (AvgIpc) is 3.54. The minimum absolute atomic E-state index is 0.850. The number of hydrogen-bond donors (Lipinski definition) is 0. The second kappa shape index (κ2) is 8.64. The van der Waals surface area contributed by atoms with E-state index in [1.165, 1.54) is 5.56 Å². The molecule has 0 saturated heterocycles. The molecule has 184 valence electrons. The predicted molar refractivity (Wildman–Crippen MR) is 161 cm³/mol. The molecule has 8 rings (SSSR count). The number of fused-ring (bicyclic) bond motifs is 6. The van der Waals surface area contributed by atoms with Gasteiger partial charge in [0.25, 0.3) is 0 Å². The lowest BCUT2D eigenvalue weighted by Gasteiger charge is -2.25. The molecule has 0 fully saturated rings. The highest BCUT2D eigenvalue weighted by Gasteiger charge is 2.17. The van der Waals surface area contributed by atoms with Crippen molar-refractivity contribution in [3.8, 4) is 11.1 Å². The van der Waals surface area contributed by atoms with Crippen molar-refractivity contribution in [2.45, 2.75) is 0 Å². The number of nitrogens with zero attached hydrogens (tertiary/aromatic N) is 1. The van der Waals surface area contributed by atoms with Crippen molar-refractivity contribution < 1.29 is 8.83 Å². The monoisotopic (exact) mass is 501 g/mol. The summed E-state index contributed by atoms with van der Waals surface area (Å²) in [6.07, 6.45) is 0. The molecule has 8 aromatic rings. The second-order valence-electron chi connectivity index (χ2n) is 9.81. The number of benzene rings is 6. The standard InChI is InChI=1S/C36H23NO2/c1-4-10-24(11-5-1)25-16-18-29-31-22-36-32(23-35(31)38-33(29)20-25)30-19-17-28(21-34(30)39-36)37(26-12-6-2-7-13-26)27-14-8-3-9-15-27/h1-23H. The summed E-state index contributed by atoms with van der Waals surface area (Å²) < 4.78 is 12.8. The third-order valence-electron chi connectivity index (χ3n) is 7.44. The zero-order valence-corrected chi connectivity index (χ0v) is 21.0. The Kier molecular flexibility index (Phi) is 4.82. The van der Waals surface area contributed by atoms with Crippen molar-refractivity contribution in [3.63, 3.8) is 0 Å². The molecule has 0 aliphatic rings. The SMILES string of the molecule is c1ccc(-c2ccc3c(c2)oc2cc4c(cc23)oc2cc(N(c3ccccc3)c3ccccc3)ccc24)cc1. The highest BCUT2D eigenvalue weighted by molar-refractivity contribution is 6.15. The molecule has 0 aliphatic carbocycles. The summed E-state index contributed by atoms with van der Waals surface area (Å²) in [5.41, 5.74) is 9.01. The van der Waals surface area contributed by atoms with Crippen LogP contribution in [0.3, 0.4) is 0 Å². The van der Waals surface area contributed by atoms with Crippen LogP contribution in [0.1, 0.15) is 0 Å². The molecule has 3 heteroatoms. The Labute approximate surface area is 225 Å². The van der Waals surface area contributed by atoms with E-state index in [0.717, 1.165) is 66.5 Å². The van der Waals surface area contributed by atoms with Crippen LogP contribution in [0.2, 0.25) is 0 Å². The van der Waals surface area contributed by atoms with Gasteiger partial charge < -0.3 is 13.7 Å². The molecule has 0 atom stereocenters. The molecule has 0 N–H and O–H groups in total. The second-order valence-corrected chi connectivity index (χ2v) is 9.81. The highest BCUT2D eigenvalue weighted by Crippen LogP contribution is 2.41. The molecule has 2 aromatic heterocycles. The van der Waals surface area contributed by atoms with Gasteiger partial charge in [-0.2, -0.15) is 0 Å². The van der Waals surface area contributed by atoms with Gasteiger partial charge in [-0.3, -0.25) is 0 Å². The van der Waals surface area contributed by atoms with Crippen LogP contribution in [-0.4, -0.2) is 0 Å². The van der Waals surface area contributed by atoms with E-state index in [2.05, 4.69) is 126 Å². The van der Waals surface area contributed by atoms with Crippen molar-refractivity contribution >= 4 is 60.9 Å². The first-order valence-electron chi connectivity index (χ1n) is 13.1. The summed E-state index contributed by atoms with van der Waals surface area (Å²) in [5, 5.41) is 4.28. The quantitative estimate of drug-likeness (QED) is 0.240. The molecule has 6 aromatic carbocycles. The molecule has 0 saturated carbocycles. The fraction of sp³-hybridized carbons (Fsp3) is 0. The number of para-hydroxylation sites is 2. The molecular weight excluding hydrogens is 478 g/mol. The van der Waals surface area contributed by atoms with E-state index in [1.807, 2.05) is 18.2 Å². The Balaban J connectivity index is 1.27. The molecule has 0 radical (unpaired) electrons. The van der Waals surface area contributed by atoms with Crippen LogP contribution in [-0.2, 0) is 0 Å². The maximum atomic E-state index is 6.47. The largest absolute Gasteiger partial charge is 0.456 e. The fourth-order valence-electron chi connectivity index (χ4n) is 5.58. The summed E-state index contributed by atoms with van der Waals surface area (Å²) in [7, 11) is 0. The maximum absolute atomic E-state index is 6.47. The van der Waals surface area contributed by atoms with Crippen LogP contribution < -0.4 is 4.90 Å². The lowest BCUT2D eigenvalue weighted by atomic mass is 10.0. The normalized spacial score (nSPS) is 11.6. The summed E-state index contributed by atoms with van der Waals surface area (Å²) >= 11 is 0. The van der Waals surface area contributed by atoms with Crippen LogP contribution in [0.5, 0.6) is 0 Å². The molecule has 0 aliphatic heterocycles. The van der Waals surface area contributed by atoms with Gasteiger partial charge in [-0.1, -0.05) is 72.8 Å². The number of hydrogen-bond acceptors (Lipinski definition) is 3. The topological polar surface area (TPSA) is 29.5 Å². The highest BCUT2D eigenvalue weighted by atomic mass is 16.3. The van der Waals surface area contributed by atoms with E-state index in [0.29, 0.717) is 0 Å². The first-order chi connectivity index (χ1) is 19.3. The third-order valence-corrected chi connectivity index (χ3v) is 7.44. The van der Waals surface area contributed by atoms with E-state index in [1.54, 1.807) is 0 Å². The molecule has 0 bridgehead atoms. The van der Waals surface area contributed by atoms with Crippen LogP contribution in [0.4, 0.5) is 17.1 Å². The summed E-state index contributed by atoms with van der Waals surface area (Å²) in [4.78, 5) is 2.25. The van der Waals surface area contributed by atoms with Crippen LogP contribution in [0.25, 0.3) is 55.0 Å². The van der Waals surface area contributed by atoms with E-state index < -0.39 is 0 Å². The van der Waals surface area contributed by atoms with E-state index >= 15 is 0 Å².